The molecular weight excluding hydrogens is 218 g/mol. The van der Waals surface area contributed by atoms with Gasteiger partial charge in [-0.15, -0.1) is 0 Å². The lowest BCUT2D eigenvalue weighted by Crippen LogP contribution is -2.46. The van der Waals surface area contributed by atoms with Gasteiger partial charge in [0.25, 0.3) is 0 Å². The van der Waals surface area contributed by atoms with Crippen molar-refractivity contribution >= 4 is 0 Å². The van der Waals surface area contributed by atoms with Crippen molar-refractivity contribution in [2.24, 2.45) is 0 Å². The number of ether oxygens (including phenoxy) is 1. The summed E-state index contributed by atoms with van der Waals surface area (Å²) in [5, 5.41) is 14.2. The topological polar surface area (TPSA) is 67.3 Å². The van der Waals surface area contributed by atoms with E-state index < -0.39 is 5.60 Å². The van der Waals surface area contributed by atoms with E-state index in [-0.39, 0.29) is 0 Å². The van der Waals surface area contributed by atoms with Crippen LogP contribution in [0.4, 0.5) is 0 Å². The SMILES string of the molecule is COc1ncc(C2(O)CC3CCC(C2)N3)cn1. The highest BCUT2D eigenvalue weighted by Crippen LogP contribution is 2.40. The van der Waals surface area contributed by atoms with Gasteiger partial charge in [0.2, 0.25) is 0 Å². The quantitative estimate of drug-likeness (QED) is 0.785. The van der Waals surface area contributed by atoms with Crippen LogP contribution in [0.25, 0.3) is 0 Å². The second-order valence-corrected chi connectivity index (χ2v) is 5.04. The van der Waals surface area contributed by atoms with Crippen molar-refractivity contribution in [2.45, 2.75) is 43.4 Å². The van der Waals surface area contributed by atoms with E-state index in [4.69, 9.17) is 4.74 Å². The van der Waals surface area contributed by atoms with E-state index in [9.17, 15) is 5.11 Å². The van der Waals surface area contributed by atoms with E-state index in [2.05, 4.69) is 15.3 Å². The van der Waals surface area contributed by atoms with Gasteiger partial charge in [-0.25, -0.2) is 9.97 Å². The fourth-order valence-electron chi connectivity index (χ4n) is 3.02. The number of fused-ring (bicyclic) bond motifs is 2. The largest absolute Gasteiger partial charge is 0.467 e. The van der Waals surface area contributed by atoms with Gasteiger partial charge in [0.1, 0.15) is 0 Å². The predicted octanol–water partition coefficient (Wildman–Crippen LogP) is 0.587. The smallest absolute Gasteiger partial charge is 0.316 e. The highest BCUT2D eigenvalue weighted by molar-refractivity contribution is 5.20. The van der Waals surface area contributed by atoms with Crippen LogP contribution in [-0.4, -0.2) is 34.3 Å². The third kappa shape index (κ3) is 1.89. The zero-order valence-electron chi connectivity index (χ0n) is 9.89. The molecule has 2 aliphatic heterocycles. The Labute approximate surface area is 100 Å². The summed E-state index contributed by atoms with van der Waals surface area (Å²) in [5.74, 6) is 0. The van der Waals surface area contributed by atoms with Crippen LogP contribution in [-0.2, 0) is 5.60 Å². The Hall–Kier alpha value is -1.20. The lowest BCUT2D eigenvalue weighted by Gasteiger charge is -2.37. The van der Waals surface area contributed by atoms with Gasteiger partial charge in [-0.05, 0) is 25.7 Å². The summed E-state index contributed by atoms with van der Waals surface area (Å²) >= 11 is 0. The molecular formula is C12H17N3O2. The molecule has 1 aromatic rings. The molecule has 3 heterocycles. The van der Waals surface area contributed by atoms with E-state index in [1.54, 1.807) is 12.4 Å². The summed E-state index contributed by atoms with van der Waals surface area (Å²) in [6, 6.07) is 1.20. The Morgan fingerprint density at radius 2 is 1.88 bits per heavy atom. The van der Waals surface area contributed by atoms with E-state index in [0.717, 1.165) is 31.2 Å². The predicted molar refractivity (Wildman–Crippen MR) is 61.7 cm³/mol. The first kappa shape index (κ1) is 10.9. The second kappa shape index (κ2) is 3.92. The minimum Gasteiger partial charge on any atom is -0.467 e. The first-order valence-corrected chi connectivity index (χ1v) is 6.04. The molecule has 2 bridgehead atoms. The monoisotopic (exact) mass is 235 g/mol. The van der Waals surface area contributed by atoms with Gasteiger partial charge in [-0.1, -0.05) is 0 Å². The normalized spacial score (nSPS) is 35.9. The lowest BCUT2D eigenvalue weighted by molar-refractivity contribution is -0.0121. The molecule has 2 atom stereocenters. The average molecular weight is 235 g/mol. The van der Waals surface area contributed by atoms with Gasteiger partial charge in [-0.3, -0.25) is 0 Å². The molecule has 17 heavy (non-hydrogen) atoms. The van der Waals surface area contributed by atoms with E-state index in [1.165, 1.54) is 7.11 Å². The maximum atomic E-state index is 10.7. The average Bonchev–Trinajstić information content (AvgIpc) is 2.69. The first-order chi connectivity index (χ1) is 8.19. The van der Waals surface area contributed by atoms with E-state index >= 15 is 0 Å². The molecule has 2 unspecified atom stereocenters. The fraction of sp³-hybridized carbons (Fsp3) is 0.667. The first-order valence-electron chi connectivity index (χ1n) is 6.04. The van der Waals surface area contributed by atoms with Crippen LogP contribution in [0.15, 0.2) is 12.4 Å². The van der Waals surface area contributed by atoms with Crippen molar-refractivity contribution < 1.29 is 9.84 Å². The molecule has 2 saturated heterocycles. The van der Waals surface area contributed by atoms with Crippen LogP contribution >= 0.6 is 0 Å². The third-order valence-corrected chi connectivity index (χ3v) is 3.85. The van der Waals surface area contributed by atoms with Crippen molar-refractivity contribution in [3.8, 4) is 6.01 Å². The second-order valence-electron chi connectivity index (χ2n) is 5.04. The number of aromatic nitrogens is 2. The van der Waals surface area contributed by atoms with Gasteiger partial charge in [0, 0.05) is 30.0 Å². The Balaban J connectivity index is 1.86. The number of hydrogen-bond acceptors (Lipinski definition) is 5. The number of nitrogens with zero attached hydrogens (tertiary/aromatic N) is 2. The molecule has 92 valence electrons. The minimum absolute atomic E-state index is 0.342. The number of rotatable bonds is 2. The molecule has 2 fully saturated rings. The van der Waals surface area contributed by atoms with Crippen molar-refractivity contribution in [3.05, 3.63) is 18.0 Å². The molecule has 0 spiro atoms. The number of nitrogens with one attached hydrogen (secondary N) is 1. The van der Waals surface area contributed by atoms with Gasteiger partial charge >= 0.3 is 6.01 Å². The van der Waals surface area contributed by atoms with Crippen molar-refractivity contribution in [1.82, 2.24) is 15.3 Å². The molecule has 5 heteroatoms. The maximum Gasteiger partial charge on any atom is 0.316 e. The van der Waals surface area contributed by atoms with Crippen LogP contribution in [0, 0.1) is 0 Å². The number of piperidine rings is 1. The Morgan fingerprint density at radius 3 is 2.41 bits per heavy atom. The summed E-state index contributed by atoms with van der Waals surface area (Å²) in [4.78, 5) is 8.15. The number of aliphatic hydroxyl groups is 1. The van der Waals surface area contributed by atoms with Gasteiger partial charge < -0.3 is 15.2 Å². The van der Waals surface area contributed by atoms with Crippen LogP contribution in [0.3, 0.4) is 0 Å². The summed E-state index contributed by atoms with van der Waals surface area (Å²) in [6.45, 7) is 0. The highest BCUT2D eigenvalue weighted by Gasteiger charge is 2.43. The van der Waals surface area contributed by atoms with Crippen LogP contribution in [0.2, 0.25) is 0 Å². The molecule has 2 aliphatic rings. The molecule has 0 amide bonds. The fourth-order valence-corrected chi connectivity index (χ4v) is 3.02. The summed E-state index contributed by atoms with van der Waals surface area (Å²) in [7, 11) is 1.54. The standard InChI is InChI=1S/C12H17N3O2/c1-17-11-13-6-8(7-14-11)12(16)4-9-2-3-10(5-12)15-9/h6-7,9-10,15-16H,2-5H2,1H3. The van der Waals surface area contributed by atoms with Gasteiger partial charge in [0.15, 0.2) is 0 Å². The molecule has 5 nitrogen and oxygen atoms in total. The van der Waals surface area contributed by atoms with E-state index in [0.29, 0.717) is 18.1 Å². The number of hydrogen-bond donors (Lipinski definition) is 2. The zero-order valence-corrected chi connectivity index (χ0v) is 9.89. The van der Waals surface area contributed by atoms with Gasteiger partial charge in [-0.2, -0.15) is 0 Å². The lowest BCUT2D eigenvalue weighted by atomic mass is 9.83. The molecule has 2 N–H and O–H groups in total. The third-order valence-electron chi connectivity index (χ3n) is 3.85. The Bertz CT molecular complexity index is 395. The molecule has 3 rings (SSSR count). The van der Waals surface area contributed by atoms with Crippen LogP contribution < -0.4 is 10.1 Å². The van der Waals surface area contributed by atoms with Crippen molar-refractivity contribution in [2.75, 3.05) is 7.11 Å². The van der Waals surface area contributed by atoms with Crippen LogP contribution in [0.1, 0.15) is 31.2 Å². The van der Waals surface area contributed by atoms with Crippen molar-refractivity contribution in [3.63, 3.8) is 0 Å². The highest BCUT2D eigenvalue weighted by atomic mass is 16.5. The summed E-state index contributed by atoms with van der Waals surface area (Å²) < 4.78 is 4.93. The molecule has 0 aromatic carbocycles. The minimum atomic E-state index is -0.774. The molecule has 0 aliphatic carbocycles. The maximum absolute atomic E-state index is 10.7. The number of methoxy groups -OCH3 is 1. The Kier molecular flexibility index (Phi) is 2.52. The molecule has 0 saturated carbocycles. The van der Waals surface area contributed by atoms with Crippen LogP contribution in [0.5, 0.6) is 6.01 Å². The van der Waals surface area contributed by atoms with E-state index in [1.807, 2.05) is 0 Å². The van der Waals surface area contributed by atoms with Gasteiger partial charge in [0.05, 0.1) is 12.7 Å². The summed E-state index contributed by atoms with van der Waals surface area (Å²) in [6.07, 6.45) is 7.17. The molecule has 0 radical (unpaired) electrons. The Morgan fingerprint density at radius 1 is 1.29 bits per heavy atom. The van der Waals surface area contributed by atoms with Crippen molar-refractivity contribution in [1.29, 1.82) is 0 Å². The molecule has 1 aromatic heterocycles. The zero-order chi connectivity index (χ0) is 11.9. The summed E-state index contributed by atoms with van der Waals surface area (Å²) in [5.41, 5.74) is 0.0281.